The lowest BCUT2D eigenvalue weighted by molar-refractivity contribution is -0.121. The number of nitrogens with one attached hydrogen (secondary N) is 3. The van der Waals surface area contributed by atoms with Crippen molar-refractivity contribution in [2.75, 3.05) is 26.2 Å². The van der Waals surface area contributed by atoms with E-state index in [2.05, 4.69) is 29.8 Å². The van der Waals surface area contributed by atoms with Crippen LogP contribution in [0.4, 0.5) is 0 Å². The van der Waals surface area contributed by atoms with Gasteiger partial charge in [0.15, 0.2) is 0 Å². The summed E-state index contributed by atoms with van der Waals surface area (Å²) in [6, 6.07) is 0.558. The molecule has 0 spiro atoms. The van der Waals surface area contributed by atoms with Gasteiger partial charge in [-0.2, -0.15) is 0 Å². The highest BCUT2D eigenvalue weighted by molar-refractivity contribution is 5.76. The molecule has 1 amide bonds. The molecule has 0 radical (unpaired) electrons. The van der Waals surface area contributed by atoms with Gasteiger partial charge in [-0.25, -0.2) is 0 Å². The summed E-state index contributed by atoms with van der Waals surface area (Å²) in [7, 11) is 0. The molecular weight excluding hydrogens is 190 g/mol. The van der Waals surface area contributed by atoms with Gasteiger partial charge in [-0.15, -0.1) is 0 Å². The summed E-state index contributed by atoms with van der Waals surface area (Å²) in [5.41, 5.74) is 0. The van der Waals surface area contributed by atoms with Crippen LogP contribution in [0.2, 0.25) is 0 Å². The second-order valence-electron chi connectivity index (χ2n) is 4.59. The van der Waals surface area contributed by atoms with Gasteiger partial charge in [0.05, 0.1) is 0 Å². The Morgan fingerprint density at radius 3 is 2.93 bits per heavy atom. The van der Waals surface area contributed by atoms with Crippen LogP contribution >= 0.6 is 0 Å². The molecule has 1 rings (SSSR count). The number of hydrogen-bond donors (Lipinski definition) is 3. The van der Waals surface area contributed by atoms with Crippen LogP contribution in [0.1, 0.15) is 26.7 Å². The van der Waals surface area contributed by atoms with Crippen molar-refractivity contribution in [3.63, 3.8) is 0 Å². The minimum Gasteiger partial charge on any atom is -0.356 e. The van der Waals surface area contributed by atoms with Crippen molar-refractivity contribution in [3.05, 3.63) is 0 Å². The summed E-state index contributed by atoms with van der Waals surface area (Å²) in [6.45, 7) is 7.90. The molecular formula is C11H23N3O. The van der Waals surface area contributed by atoms with E-state index in [0.29, 0.717) is 18.4 Å². The first kappa shape index (κ1) is 12.5. The first-order chi connectivity index (χ1) is 7.18. The second-order valence-corrected chi connectivity index (χ2v) is 4.59. The molecule has 4 heteroatoms. The smallest absolute Gasteiger partial charge is 0.221 e. The van der Waals surface area contributed by atoms with Crippen molar-refractivity contribution in [2.24, 2.45) is 5.92 Å². The number of rotatable bonds is 6. The number of carbonyl (C=O) groups excluding carboxylic acids is 1. The van der Waals surface area contributed by atoms with Gasteiger partial charge >= 0.3 is 0 Å². The van der Waals surface area contributed by atoms with E-state index >= 15 is 0 Å². The van der Waals surface area contributed by atoms with E-state index in [-0.39, 0.29) is 5.91 Å². The molecule has 88 valence electrons. The van der Waals surface area contributed by atoms with Gasteiger partial charge in [-0.3, -0.25) is 4.79 Å². The molecule has 1 unspecified atom stereocenters. The fourth-order valence-corrected chi connectivity index (χ4v) is 1.63. The molecule has 0 saturated carbocycles. The van der Waals surface area contributed by atoms with Crippen LogP contribution in [0.25, 0.3) is 0 Å². The first-order valence-corrected chi connectivity index (χ1v) is 5.89. The zero-order chi connectivity index (χ0) is 11.1. The van der Waals surface area contributed by atoms with Crippen molar-refractivity contribution < 1.29 is 4.79 Å². The summed E-state index contributed by atoms with van der Waals surface area (Å²) < 4.78 is 0. The molecule has 0 aromatic rings. The van der Waals surface area contributed by atoms with Gasteiger partial charge in [0.25, 0.3) is 0 Å². The molecule has 1 aliphatic heterocycles. The predicted octanol–water partition coefficient (Wildman–Crippen LogP) is 0.100. The van der Waals surface area contributed by atoms with E-state index in [9.17, 15) is 4.79 Å². The topological polar surface area (TPSA) is 53.2 Å². The second kappa shape index (κ2) is 6.80. The van der Waals surface area contributed by atoms with E-state index in [1.807, 2.05) is 0 Å². The summed E-state index contributed by atoms with van der Waals surface area (Å²) in [4.78, 5) is 11.4. The van der Waals surface area contributed by atoms with Gasteiger partial charge in [0.2, 0.25) is 5.91 Å². The maximum absolute atomic E-state index is 11.4. The van der Waals surface area contributed by atoms with E-state index in [4.69, 9.17) is 0 Å². The molecule has 0 aromatic heterocycles. The maximum Gasteiger partial charge on any atom is 0.221 e. The molecule has 3 N–H and O–H groups in total. The van der Waals surface area contributed by atoms with Crippen LogP contribution < -0.4 is 16.0 Å². The molecule has 1 heterocycles. The number of hydrogen-bond acceptors (Lipinski definition) is 3. The van der Waals surface area contributed by atoms with E-state index < -0.39 is 0 Å². The molecule has 0 aliphatic carbocycles. The fraction of sp³-hybridized carbons (Fsp3) is 0.909. The van der Waals surface area contributed by atoms with Crippen molar-refractivity contribution >= 4 is 5.91 Å². The SMILES string of the molecule is CC(C)CNC(=O)CCNC1CCNC1. The lowest BCUT2D eigenvalue weighted by Gasteiger charge is -2.11. The minimum atomic E-state index is 0.155. The van der Waals surface area contributed by atoms with Gasteiger partial charge in [-0.05, 0) is 18.9 Å². The summed E-state index contributed by atoms with van der Waals surface area (Å²) in [6.07, 6.45) is 1.76. The third-order valence-corrected chi connectivity index (χ3v) is 2.55. The molecule has 1 fully saturated rings. The maximum atomic E-state index is 11.4. The highest BCUT2D eigenvalue weighted by atomic mass is 16.1. The highest BCUT2D eigenvalue weighted by Crippen LogP contribution is 1.96. The third kappa shape index (κ3) is 5.74. The van der Waals surface area contributed by atoms with Crippen LogP contribution in [-0.2, 0) is 4.79 Å². The molecule has 15 heavy (non-hydrogen) atoms. The van der Waals surface area contributed by atoms with Crippen molar-refractivity contribution in [2.45, 2.75) is 32.7 Å². The molecule has 1 atom stereocenters. The quantitative estimate of drug-likeness (QED) is 0.586. The normalized spacial score (nSPS) is 20.9. The van der Waals surface area contributed by atoms with E-state index in [0.717, 1.165) is 26.2 Å². The molecule has 0 aromatic carbocycles. The Morgan fingerprint density at radius 1 is 1.53 bits per heavy atom. The average Bonchev–Trinajstić information content (AvgIpc) is 2.67. The predicted molar refractivity (Wildman–Crippen MR) is 61.7 cm³/mol. The molecule has 1 saturated heterocycles. The standard InChI is InChI=1S/C11H23N3O/c1-9(2)7-14-11(15)4-6-13-10-3-5-12-8-10/h9-10,12-13H,3-8H2,1-2H3,(H,14,15). The molecule has 4 nitrogen and oxygen atoms in total. The van der Waals surface area contributed by atoms with E-state index in [1.54, 1.807) is 0 Å². The Kier molecular flexibility index (Phi) is 5.65. The zero-order valence-corrected chi connectivity index (χ0v) is 9.81. The first-order valence-electron chi connectivity index (χ1n) is 5.89. The number of carbonyl (C=O) groups is 1. The summed E-state index contributed by atoms with van der Waals surface area (Å²) in [5.74, 6) is 0.683. The Morgan fingerprint density at radius 2 is 2.33 bits per heavy atom. The Labute approximate surface area is 92.2 Å². The number of amides is 1. The van der Waals surface area contributed by atoms with Crippen LogP contribution in [0.3, 0.4) is 0 Å². The van der Waals surface area contributed by atoms with Crippen molar-refractivity contribution in [3.8, 4) is 0 Å². The third-order valence-electron chi connectivity index (χ3n) is 2.55. The van der Waals surface area contributed by atoms with Gasteiger partial charge < -0.3 is 16.0 Å². The molecule has 0 bridgehead atoms. The van der Waals surface area contributed by atoms with E-state index in [1.165, 1.54) is 6.42 Å². The van der Waals surface area contributed by atoms with Crippen LogP contribution in [0, 0.1) is 5.92 Å². The Balaban J connectivity index is 1.96. The van der Waals surface area contributed by atoms with Crippen LogP contribution in [0.15, 0.2) is 0 Å². The van der Waals surface area contributed by atoms with Gasteiger partial charge in [-0.1, -0.05) is 13.8 Å². The lowest BCUT2D eigenvalue weighted by Crippen LogP contribution is -2.35. The van der Waals surface area contributed by atoms with Gasteiger partial charge in [0, 0.05) is 32.1 Å². The minimum absolute atomic E-state index is 0.155. The van der Waals surface area contributed by atoms with Crippen LogP contribution in [-0.4, -0.2) is 38.1 Å². The monoisotopic (exact) mass is 213 g/mol. The van der Waals surface area contributed by atoms with Crippen molar-refractivity contribution in [1.82, 2.24) is 16.0 Å². The van der Waals surface area contributed by atoms with Gasteiger partial charge in [0.1, 0.15) is 0 Å². The lowest BCUT2D eigenvalue weighted by atomic mass is 10.2. The highest BCUT2D eigenvalue weighted by Gasteiger charge is 2.13. The molecule has 1 aliphatic rings. The van der Waals surface area contributed by atoms with Crippen molar-refractivity contribution in [1.29, 1.82) is 0 Å². The zero-order valence-electron chi connectivity index (χ0n) is 9.81. The fourth-order valence-electron chi connectivity index (χ4n) is 1.63. The largest absolute Gasteiger partial charge is 0.356 e. The average molecular weight is 213 g/mol. The summed E-state index contributed by atoms with van der Waals surface area (Å²) in [5, 5.41) is 9.58. The summed E-state index contributed by atoms with van der Waals surface area (Å²) >= 11 is 0. The Bertz CT molecular complexity index is 188. The van der Waals surface area contributed by atoms with Crippen LogP contribution in [0.5, 0.6) is 0 Å². The Hall–Kier alpha value is -0.610.